The number of nitrogens with zero attached hydrogens (tertiary/aromatic N) is 4. The fourth-order valence-electron chi connectivity index (χ4n) is 2.85. The first kappa shape index (κ1) is 20.3. The van der Waals surface area contributed by atoms with Crippen molar-refractivity contribution in [3.8, 4) is 5.88 Å². The number of benzene rings is 1. The van der Waals surface area contributed by atoms with Crippen LogP contribution in [0.4, 0.5) is 10.6 Å². The number of rotatable bonds is 7. The summed E-state index contributed by atoms with van der Waals surface area (Å²) in [5.41, 5.74) is 0.903. The molecule has 0 radical (unpaired) electrons. The number of likely N-dealkylation sites (N-methyl/N-ethyl adjacent to an activating group) is 1. The van der Waals surface area contributed by atoms with Gasteiger partial charge in [-0.2, -0.15) is 0 Å². The molecule has 0 atom stereocenters. The molecule has 0 bridgehead atoms. The summed E-state index contributed by atoms with van der Waals surface area (Å²) in [6.45, 7) is 5.81. The van der Waals surface area contributed by atoms with Crippen molar-refractivity contribution >= 4 is 23.4 Å². The summed E-state index contributed by atoms with van der Waals surface area (Å²) in [4.78, 5) is 25.1. The van der Waals surface area contributed by atoms with Crippen LogP contribution in [-0.4, -0.2) is 72.1 Å². The number of anilines is 1. The van der Waals surface area contributed by atoms with Gasteiger partial charge in [0, 0.05) is 56.7 Å². The summed E-state index contributed by atoms with van der Waals surface area (Å²) in [6.07, 6.45) is 3.02. The van der Waals surface area contributed by atoms with E-state index >= 15 is 0 Å². The molecule has 9 heteroatoms. The number of hydrogen-bond acceptors (Lipinski definition) is 6. The van der Waals surface area contributed by atoms with Crippen molar-refractivity contribution in [2.75, 3.05) is 51.6 Å². The second-order valence-corrected chi connectivity index (χ2v) is 7.09. The van der Waals surface area contributed by atoms with E-state index in [9.17, 15) is 4.79 Å². The first-order valence-corrected chi connectivity index (χ1v) is 9.62. The molecule has 0 unspecified atom stereocenters. The van der Waals surface area contributed by atoms with Gasteiger partial charge in [-0.25, -0.2) is 14.8 Å². The van der Waals surface area contributed by atoms with Crippen LogP contribution in [0.5, 0.6) is 5.88 Å². The Balaban J connectivity index is 1.46. The van der Waals surface area contributed by atoms with Crippen molar-refractivity contribution in [3.05, 3.63) is 47.2 Å². The lowest BCUT2D eigenvalue weighted by atomic mass is 10.2. The number of halogens is 1. The summed E-state index contributed by atoms with van der Waals surface area (Å²) in [5.74, 6) is 0.540. The number of amides is 2. The largest absolute Gasteiger partial charge is 0.470 e. The van der Waals surface area contributed by atoms with Gasteiger partial charge in [-0.3, -0.25) is 10.2 Å². The average molecular weight is 405 g/mol. The van der Waals surface area contributed by atoms with E-state index in [1.165, 1.54) is 12.4 Å². The lowest BCUT2D eigenvalue weighted by molar-refractivity contribution is 0.155. The van der Waals surface area contributed by atoms with Gasteiger partial charge >= 0.3 is 6.03 Å². The van der Waals surface area contributed by atoms with Crippen LogP contribution >= 0.6 is 11.6 Å². The fourth-order valence-corrected chi connectivity index (χ4v) is 3.06. The predicted octanol–water partition coefficient (Wildman–Crippen LogP) is 2.08. The zero-order valence-corrected chi connectivity index (χ0v) is 16.7. The fraction of sp³-hybridized carbons (Fsp3) is 0.421. The number of aromatic nitrogens is 2. The molecule has 1 fully saturated rings. The standard InChI is InChI=1S/C19H25ClN6O2/c1-25-9-11-26(12-10-25)8-7-23-19(27)24-17-18(22-6-5-21-17)28-14-15-3-2-4-16(20)13-15/h2-6,13H,7-12,14H2,1H3,(H2,21,23,24,27). The second kappa shape index (κ2) is 10.2. The maximum Gasteiger partial charge on any atom is 0.320 e. The van der Waals surface area contributed by atoms with E-state index in [2.05, 4.69) is 37.4 Å². The van der Waals surface area contributed by atoms with E-state index in [-0.39, 0.29) is 24.3 Å². The number of carbonyl (C=O) groups is 1. The minimum Gasteiger partial charge on any atom is -0.470 e. The van der Waals surface area contributed by atoms with Crippen LogP contribution in [0.1, 0.15) is 5.56 Å². The smallest absolute Gasteiger partial charge is 0.320 e. The number of urea groups is 1. The molecule has 0 spiro atoms. The third kappa shape index (κ3) is 6.33. The highest BCUT2D eigenvalue weighted by molar-refractivity contribution is 6.30. The topological polar surface area (TPSA) is 82.6 Å². The Kier molecular flexibility index (Phi) is 7.41. The van der Waals surface area contributed by atoms with Gasteiger partial charge in [-0.05, 0) is 24.7 Å². The van der Waals surface area contributed by atoms with E-state index in [0.29, 0.717) is 11.6 Å². The molecule has 150 valence electrons. The Morgan fingerprint density at radius 3 is 2.79 bits per heavy atom. The normalized spacial score (nSPS) is 15.2. The van der Waals surface area contributed by atoms with E-state index in [0.717, 1.165) is 38.3 Å². The summed E-state index contributed by atoms with van der Waals surface area (Å²) in [7, 11) is 2.12. The van der Waals surface area contributed by atoms with Crippen LogP contribution in [0.25, 0.3) is 0 Å². The Morgan fingerprint density at radius 1 is 1.21 bits per heavy atom. The highest BCUT2D eigenvalue weighted by Crippen LogP contribution is 2.19. The second-order valence-electron chi connectivity index (χ2n) is 6.65. The molecule has 8 nitrogen and oxygen atoms in total. The molecule has 3 rings (SSSR count). The van der Waals surface area contributed by atoms with Gasteiger partial charge in [0.15, 0.2) is 5.82 Å². The molecule has 1 saturated heterocycles. The van der Waals surface area contributed by atoms with Crippen molar-refractivity contribution in [2.24, 2.45) is 0 Å². The molecule has 2 aromatic rings. The summed E-state index contributed by atoms with van der Waals surface area (Å²) in [5, 5.41) is 6.19. The maximum absolute atomic E-state index is 12.2. The van der Waals surface area contributed by atoms with Gasteiger partial charge in [-0.1, -0.05) is 23.7 Å². The van der Waals surface area contributed by atoms with Crippen molar-refractivity contribution in [3.63, 3.8) is 0 Å². The zero-order valence-electron chi connectivity index (χ0n) is 15.9. The molecule has 1 aromatic carbocycles. The predicted molar refractivity (Wildman–Crippen MR) is 109 cm³/mol. The first-order chi connectivity index (χ1) is 13.6. The molecule has 0 saturated carbocycles. The van der Waals surface area contributed by atoms with Crippen LogP contribution in [0, 0.1) is 0 Å². The van der Waals surface area contributed by atoms with Crippen LogP contribution in [-0.2, 0) is 6.61 Å². The Labute approximate surface area is 169 Å². The molecular weight excluding hydrogens is 380 g/mol. The van der Waals surface area contributed by atoms with E-state index in [4.69, 9.17) is 16.3 Å². The number of piperazine rings is 1. The number of ether oxygens (including phenoxy) is 1. The number of carbonyl (C=O) groups excluding carboxylic acids is 1. The molecule has 2 N–H and O–H groups in total. The monoisotopic (exact) mass is 404 g/mol. The molecule has 28 heavy (non-hydrogen) atoms. The first-order valence-electron chi connectivity index (χ1n) is 9.24. The quantitative estimate of drug-likeness (QED) is 0.735. The highest BCUT2D eigenvalue weighted by atomic mass is 35.5. The van der Waals surface area contributed by atoms with Crippen LogP contribution in [0.15, 0.2) is 36.7 Å². The molecule has 2 amide bonds. The summed E-state index contributed by atoms with van der Waals surface area (Å²) < 4.78 is 5.70. The molecule has 0 aliphatic carbocycles. The third-order valence-electron chi connectivity index (χ3n) is 4.47. The number of nitrogens with one attached hydrogen (secondary N) is 2. The summed E-state index contributed by atoms with van der Waals surface area (Å²) >= 11 is 5.98. The average Bonchev–Trinajstić information content (AvgIpc) is 2.69. The van der Waals surface area contributed by atoms with Crippen molar-refractivity contribution in [1.82, 2.24) is 25.1 Å². The van der Waals surface area contributed by atoms with E-state index in [1.54, 1.807) is 6.07 Å². The maximum atomic E-state index is 12.2. The van der Waals surface area contributed by atoms with Gasteiger partial charge in [0.05, 0.1) is 0 Å². The van der Waals surface area contributed by atoms with Gasteiger partial charge < -0.3 is 15.0 Å². The lowest BCUT2D eigenvalue weighted by Gasteiger charge is -2.32. The molecule has 1 aliphatic heterocycles. The van der Waals surface area contributed by atoms with Crippen LogP contribution in [0.2, 0.25) is 5.02 Å². The third-order valence-corrected chi connectivity index (χ3v) is 4.71. The van der Waals surface area contributed by atoms with Gasteiger partial charge in [0.1, 0.15) is 6.61 Å². The molecule has 2 heterocycles. The Hall–Kier alpha value is -2.42. The van der Waals surface area contributed by atoms with Gasteiger partial charge in [0.2, 0.25) is 0 Å². The van der Waals surface area contributed by atoms with Crippen molar-refractivity contribution in [2.45, 2.75) is 6.61 Å². The Bertz CT molecular complexity index is 783. The van der Waals surface area contributed by atoms with Crippen molar-refractivity contribution < 1.29 is 9.53 Å². The summed E-state index contributed by atoms with van der Waals surface area (Å²) in [6, 6.07) is 7.04. The minimum absolute atomic E-state index is 0.261. The van der Waals surface area contributed by atoms with E-state index < -0.39 is 0 Å². The molecular formula is C19H25ClN6O2. The van der Waals surface area contributed by atoms with E-state index in [1.807, 2.05) is 18.2 Å². The number of hydrogen-bond donors (Lipinski definition) is 2. The minimum atomic E-state index is -0.331. The van der Waals surface area contributed by atoms with Crippen molar-refractivity contribution in [1.29, 1.82) is 0 Å². The van der Waals surface area contributed by atoms with Gasteiger partial charge in [0.25, 0.3) is 5.88 Å². The molecule has 1 aliphatic rings. The SMILES string of the molecule is CN1CCN(CCNC(=O)Nc2nccnc2OCc2cccc(Cl)c2)CC1. The Morgan fingerprint density at radius 2 is 2.00 bits per heavy atom. The zero-order chi connectivity index (χ0) is 19.8. The highest BCUT2D eigenvalue weighted by Gasteiger charge is 2.14. The molecule has 1 aromatic heterocycles. The van der Waals surface area contributed by atoms with Crippen LogP contribution < -0.4 is 15.4 Å². The lowest BCUT2D eigenvalue weighted by Crippen LogP contribution is -2.47. The van der Waals surface area contributed by atoms with Crippen LogP contribution in [0.3, 0.4) is 0 Å². The van der Waals surface area contributed by atoms with Gasteiger partial charge in [-0.15, -0.1) is 0 Å².